The van der Waals surface area contributed by atoms with Gasteiger partial charge < -0.3 is 14.4 Å². The SMILES string of the molecule is COc1ccc(-c2nn(-c3ccccc3)cc2C=CC(=O)N2CCCC2c2cccnc2)cc1OC. The van der Waals surface area contributed by atoms with Crippen molar-refractivity contribution >= 4 is 12.0 Å². The predicted octanol–water partition coefficient (Wildman–Crippen LogP) is 5.33. The highest BCUT2D eigenvalue weighted by Gasteiger charge is 2.29. The molecule has 1 fully saturated rings. The number of rotatable bonds is 7. The molecule has 0 saturated carbocycles. The fourth-order valence-corrected chi connectivity index (χ4v) is 4.64. The van der Waals surface area contributed by atoms with Crippen molar-refractivity contribution in [2.24, 2.45) is 0 Å². The van der Waals surface area contributed by atoms with E-state index in [0.717, 1.165) is 47.5 Å². The minimum absolute atomic E-state index is 0.0212. The summed E-state index contributed by atoms with van der Waals surface area (Å²) in [4.78, 5) is 19.4. The Hall–Kier alpha value is -4.39. The third-order valence-electron chi connectivity index (χ3n) is 6.43. The van der Waals surface area contributed by atoms with Gasteiger partial charge in [0.1, 0.15) is 5.69 Å². The van der Waals surface area contributed by atoms with Crippen LogP contribution in [0.4, 0.5) is 0 Å². The number of methoxy groups -OCH3 is 2. The first-order valence-electron chi connectivity index (χ1n) is 11.9. The van der Waals surface area contributed by atoms with Gasteiger partial charge in [-0.25, -0.2) is 4.68 Å². The van der Waals surface area contributed by atoms with E-state index in [1.165, 1.54) is 0 Å². The van der Waals surface area contributed by atoms with Gasteiger partial charge in [0.05, 0.1) is 25.9 Å². The van der Waals surface area contributed by atoms with E-state index in [9.17, 15) is 4.79 Å². The highest BCUT2D eigenvalue weighted by molar-refractivity contribution is 5.93. The van der Waals surface area contributed by atoms with Crippen LogP contribution in [-0.2, 0) is 4.79 Å². The first kappa shape index (κ1) is 23.4. The van der Waals surface area contributed by atoms with Crippen LogP contribution in [-0.4, -0.2) is 46.3 Å². The lowest BCUT2D eigenvalue weighted by Crippen LogP contribution is -2.28. The van der Waals surface area contributed by atoms with Crippen molar-refractivity contribution in [1.29, 1.82) is 0 Å². The van der Waals surface area contributed by atoms with Crippen LogP contribution in [0.5, 0.6) is 11.5 Å². The topological polar surface area (TPSA) is 69.5 Å². The number of hydrogen-bond acceptors (Lipinski definition) is 5. The second kappa shape index (κ2) is 10.5. The minimum atomic E-state index is -0.0212. The Kier molecular flexibility index (Phi) is 6.80. The molecule has 5 rings (SSSR count). The van der Waals surface area contributed by atoms with E-state index in [0.29, 0.717) is 11.5 Å². The number of carbonyl (C=O) groups is 1. The molecule has 1 unspecified atom stereocenters. The molecule has 3 heterocycles. The molecular formula is C29H28N4O3. The molecule has 4 aromatic rings. The van der Waals surface area contributed by atoms with Crippen molar-refractivity contribution in [2.75, 3.05) is 20.8 Å². The van der Waals surface area contributed by atoms with Gasteiger partial charge >= 0.3 is 0 Å². The molecular weight excluding hydrogens is 452 g/mol. The zero-order valence-corrected chi connectivity index (χ0v) is 20.4. The van der Waals surface area contributed by atoms with Crippen molar-refractivity contribution < 1.29 is 14.3 Å². The highest BCUT2D eigenvalue weighted by Crippen LogP contribution is 2.35. The average Bonchev–Trinajstić information content (AvgIpc) is 3.60. The van der Waals surface area contributed by atoms with E-state index in [1.54, 1.807) is 26.5 Å². The Bertz CT molecular complexity index is 1370. The van der Waals surface area contributed by atoms with E-state index in [2.05, 4.69) is 4.98 Å². The van der Waals surface area contributed by atoms with Gasteiger partial charge in [-0.2, -0.15) is 5.10 Å². The van der Waals surface area contributed by atoms with Gasteiger partial charge in [-0.05, 0) is 60.9 Å². The molecule has 2 aromatic heterocycles. The van der Waals surface area contributed by atoms with Crippen molar-refractivity contribution in [3.05, 3.63) is 96.5 Å². The molecule has 0 aliphatic carbocycles. The second-order valence-corrected chi connectivity index (χ2v) is 8.59. The number of para-hydroxylation sites is 1. The average molecular weight is 481 g/mol. The predicted molar refractivity (Wildman–Crippen MR) is 139 cm³/mol. The lowest BCUT2D eigenvalue weighted by molar-refractivity contribution is -0.126. The van der Waals surface area contributed by atoms with Gasteiger partial charge in [-0.1, -0.05) is 24.3 Å². The van der Waals surface area contributed by atoms with Gasteiger partial charge in [0.15, 0.2) is 11.5 Å². The Morgan fingerprint density at radius 2 is 1.86 bits per heavy atom. The Morgan fingerprint density at radius 1 is 1.03 bits per heavy atom. The molecule has 1 amide bonds. The Morgan fingerprint density at radius 3 is 2.61 bits per heavy atom. The normalized spacial score (nSPS) is 15.4. The highest BCUT2D eigenvalue weighted by atomic mass is 16.5. The van der Waals surface area contributed by atoms with Crippen molar-refractivity contribution in [3.8, 4) is 28.4 Å². The van der Waals surface area contributed by atoms with Crippen LogP contribution in [0.3, 0.4) is 0 Å². The maximum Gasteiger partial charge on any atom is 0.247 e. The molecule has 1 aliphatic heterocycles. The van der Waals surface area contributed by atoms with Crippen LogP contribution in [0.15, 0.2) is 85.3 Å². The fourth-order valence-electron chi connectivity index (χ4n) is 4.64. The summed E-state index contributed by atoms with van der Waals surface area (Å²) in [5.41, 5.74) is 4.44. The van der Waals surface area contributed by atoms with E-state index >= 15 is 0 Å². The third kappa shape index (κ3) is 4.73. The number of hydrogen-bond donors (Lipinski definition) is 0. The molecule has 182 valence electrons. The number of carbonyl (C=O) groups excluding carboxylic acids is 1. The molecule has 0 spiro atoms. The summed E-state index contributed by atoms with van der Waals surface area (Å²) in [6, 6.07) is 19.6. The number of ether oxygens (including phenoxy) is 2. The first-order valence-corrected chi connectivity index (χ1v) is 11.9. The van der Waals surface area contributed by atoms with E-state index in [4.69, 9.17) is 14.6 Å². The standard InChI is InChI=1S/C29H28N4O3/c1-35-26-14-12-21(18-27(26)36-2)29-23(20-33(31-29)24-9-4-3-5-10-24)13-15-28(34)32-17-7-11-25(32)22-8-6-16-30-19-22/h3-6,8-10,12-16,18-20,25H,7,11,17H2,1-2H3. The first-order chi connectivity index (χ1) is 17.7. The van der Waals surface area contributed by atoms with Crippen molar-refractivity contribution in [2.45, 2.75) is 18.9 Å². The van der Waals surface area contributed by atoms with Crippen LogP contribution >= 0.6 is 0 Å². The summed E-state index contributed by atoms with van der Waals surface area (Å²) in [5.74, 6) is 1.24. The van der Waals surface area contributed by atoms with Gasteiger partial charge in [0.25, 0.3) is 0 Å². The summed E-state index contributed by atoms with van der Waals surface area (Å²) < 4.78 is 12.7. The van der Waals surface area contributed by atoms with Crippen LogP contribution in [0, 0.1) is 0 Å². The van der Waals surface area contributed by atoms with Crippen molar-refractivity contribution in [3.63, 3.8) is 0 Å². The number of benzene rings is 2. The largest absolute Gasteiger partial charge is 0.493 e. The molecule has 7 heteroatoms. The summed E-state index contributed by atoms with van der Waals surface area (Å²) in [5, 5.41) is 4.86. The number of nitrogens with zero attached hydrogens (tertiary/aromatic N) is 4. The number of pyridine rings is 1. The molecule has 1 aliphatic rings. The summed E-state index contributed by atoms with van der Waals surface area (Å²) in [6.07, 6.45) is 10.9. The molecule has 7 nitrogen and oxygen atoms in total. The number of aromatic nitrogens is 3. The fraction of sp³-hybridized carbons (Fsp3) is 0.207. The third-order valence-corrected chi connectivity index (χ3v) is 6.43. The number of likely N-dealkylation sites (tertiary alicyclic amines) is 1. The van der Waals surface area contributed by atoms with Crippen LogP contribution in [0.2, 0.25) is 0 Å². The number of amides is 1. The van der Waals surface area contributed by atoms with E-state index < -0.39 is 0 Å². The molecule has 1 saturated heterocycles. The summed E-state index contributed by atoms with van der Waals surface area (Å²) >= 11 is 0. The Balaban J connectivity index is 1.49. The maximum absolute atomic E-state index is 13.3. The van der Waals surface area contributed by atoms with Crippen LogP contribution in [0.1, 0.15) is 30.0 Å². The van der Waals surface area contributed by atoms with Gasteiger partial charge in [-0.3, -0.25) is 9.78 Å². The second-order valence-electron chi connectivity index (χ2n) is 8.59. The molecule has 0 radical (unpaired) electrons. The van der Waals surface area contributed by atoms with Crippen LogP contribution < -0.4 is 9.47 Å². The summed E-state index contributed by atoms with van der Waals surface area (Å²) in [6.45, 7) is 0.731. The minimum Gasteiger partial charge on any atom is -0.493 e. The Labute approximate surface area is 210 Å². The lowest BCUT2D eigenvalue weighted by atomic mass is 10.1. The van der Waals surface area contributed by atoms with Gasteiger partial charge in [0, 0.05) is 42.3 Å². The molecule has 0 N–H and O–H groups in total. The lowest BCUT2D eigenvalue weighted by Gasteiger charge is -2.23. The van der Waals surface area contributed by atoms with E-state index in [-0.39, 0.29) is 11.9 Å². The molecule has 2 aromatic carbocycles. The molecule has 1 atom stereocenters. The zero-order valence-electron chi connectivity index (χ0n) is 20.4. The van der Waals surface area contributed by atoms with Gasteiger partial charge in [0.2, 0.25) is 5.91 Å². The summed E-state index contributed by atoms with van der Waals surface area (Å²) in [7, 11) is 3.22. The zero-order chi connectivity index (χ0) is 24.9. The van der Waals surface area contributed by atoms with Crippen molar-refractivity contribution in [1.82, 2.24) is 19.7 Å². The van der Waals surface area contributed by atoms with Crippen LogP contribution in [0.25, 0.3) is 23.0 Å². The quantitative estimate of drug-likeness (QED) is 0.335. The monoisotopic (exact) mass is 480 g/mol. The smallest absolute Gasteiger partial charge is 0.247 e. The molecule has 36 heavy (non-hydrogen) atoms. The van der Waals surface area contributed by atoms with Gasteiger partial charge in [-0.15, -0.1) is 0 Å². The molecule has 0 bridgehead atoms. The van der Waals surface area contributed by atoms with E-state index in [1.807, 2.05) is 88.7 Å². The maximum atomic E-state index is 13.3.